The zero-order chi connectivity index (χ0) is 13.0. The summed E-state index contributed by atoms with van der Waals surface area (Å²) in [5.74, 6) is 0.0737. The van der Waals surface area contributed by atoms with Crippen LogP contribution in [0, 0.1) is 0 Å². The summed E-state index contributed by atoms with van der Waals surface area (Å²) in [6.45, 7) is 1.02. The molecule has 5 heteroatoms. The fraction of sp³-hybridized carbons (Fsp3) is 0.538. The molecule has 0 amide bonds. The van der Waals surface area contributed by atoms with Crippen LogP contribution in [0.1, 0.15) is 24.8 Å². The van der Waals surface area contributed by atoms with Gasteiger partial charge >= 0.3 is 0 Å². The molecule has 1 saturated heterocycles. The molecule has 2 N–H and O–H groups in total. The standard InChI is InChI=1S/C13H20N2O2S/c14-10-13-8-4-5-9-15(13)18(16,17)11-12-6-2-1-3-7-12/h1-3,6-7,13H,4-5,8-11,14H2. The van der Waals surface area contributed by atoms with Gasteiger partial charge in [0.05, 0.1) is 5.75 Å². The fourth-order valence-electron chi connectivity index (χ4n) is 2.44. The minimum atomic E-state index is -3.24. The average molecular weight is 268 g/mol. The molecule has 1 heterocycles. The van der Waals surface area contributed by atoms with Crippen molar-refractivity contribution in [2.45, 2.75) is 31.1 Å². The molecule has 0 aromatic heterocycles. The smallest absolute Gasteiger partial charge is 0.218 e. The average Bonchev–Trinajstić information content (AvgIpc) is 2.39. The molecule has 0 spiro atoms. The highest BCUT2D eigenvalue weighted by atomic mass is 32.2. The summed E-state index contributed by atoms with van der Waals surface area (Å²) in [4.78, 5) is 0. The van der Waals surface area contributed by atoms with Crippen molar-refractivity contribution in [2.24, 2.45) is 5.73 Å². The molecule has 0 aliphatic carbocycles. The van der Waals surface area contributed by atoms with Gasteiger partial charge in [-0.25, -0.2) is 8.42 Å². The summed E-state index contributed by atoms with van der Waals surface area (Å²) in [5, 5.41) is 0. The first-order chi connectivity index (χ1) is 8.63. The van der Waals surface area contributed by atoms with Crippen LogP contribution < -0.4 is 5.73 Å². The summed E-state index contributed by atoms with van der Waals surface area (Å²) in [5.41, 5.74) is 6.51. The molecule has 1 aromatic rings. The van der Waals surface area contributed by atoms with Crippen molar-refractivity contribution in [3.05, 3.63) is 35.9 Å². The van der Waals surface area contributed by atoms with Gasteiger partial charge < -0.3 is 5.73 Å². The van der Waals surface area contributed by atoms with Crippen LogP contribution in [0.25, 0.3) is 0 Å². The van der Waals surface area contributed by atoms with E-state index in [1.807, 2.05) is 30.3 Å². The molecule has 1 aromatic carbocycles. The number of rotatable bonds is 4. The van der Waals surface area contributed by atoms with Crippen LogP contribution in [-0.2, 0) is 15.8 Å². The van der Waals surface area contributed by atoms with Crippen LogP contribution in [0.4, 0.5) is 0 Å². The number of hydrogen-bond donors (Lipinski definition) is 1. The molecule has 2 rings (SSSR count). The highest BCUT2D eigenvalue weighted by Crippen LogP contribution is 2.22. The summed E-state index contributed by atoms with van der Waals surface area (Å²) in [7, 11) is -3.24. The first-order valence-corrected chi connectivity index (χ1v) is 7.98. The van der Waals surface area contributed by atoms with Crippen molar-refractivity contribution in [2.75, 3.05) is 13.1 Å². The van der Waals surface area contributed by atoms with Gasteiger partial charge in [-0.1, -0.05) is 36.8 Å². The summed E-state index contributed by atoms with van der Waals surface area (Å²) in [6.07, 6.45) is 2.88. The number of nitrogens with two attached hydrogens (primary N) is 1. The van der Waals surface area contributed by atoms with Gasteiger partial charge in [0.1, 0.15) is 0 Å². The maximum Gasteiger partial charge on any atom is 0.218 e. The largest absolute Gasteiger partial charge is 0.329 e. The second kappa shape index (κ2) is 5.82. The van der Waals surface area contributed by atoms with E-state index in [2.05, 4.69) is 0 Å². The Hall–Kier alpha value is -0.910. The van der Waals surface area contributed by atoms with Gasteiger partial charge in [-0.05, 0) is 18.4 Å². The lowest BCUT2D eigenvalue weighted by molar-refractivity contribution is 0.257. The SMILES string of the molecule is NCC1CCCCN1S(=O)(=O)Cc1ccccc1. The predicted molar refractivity (Wildman–Crippen MR) is 72.5 cm³/mol. The normalized spacial score (nSPS) is 21.9. The quantitative estimate of drug-likeness (QED) is 0.896. The Balaban J connectivity index is 2.14. The number of benzene rings is 1. The maximum absolute atomic E-state index is 12.4. The van der Waals surface area contributed by atoms with E-state index in [1.54, 1.807) is 4.31 Å². The Kier molecular flexibility index (Phi) is 4.37. The van der Waals surface area contributed by atoms with Crippen molar-refractivity contribution >= 4 is 10.0 Å². The minimum absolute atomic E-state index is 0.0209. The van der Waals surface area contributed by atoms with Crippen LogP contribution in [0.3, 0.4) is 0 Å². The topological polar surface area (TPSA) is 63.4 Å². The summed E-state index contributed by atoms with van der Waals surface area (Å²) < 4.78 is 26.4. The molecule has 100 valence electrons. The van der Waals surface area contributed by atoms with Crippen molar-refractivity contribution in [3.8, 4) is 0 Å². The predicted octanol–water partition coefficient (Wildman–Crippen LogP) is 1.33. The van der Waals surface area contributed by atoms with Crippen LogP contribution in [0.5, 0.6) is 0 Å². The van der Waals surface area contributed by atoms with Crippen molar-refractivity contribution in [1.29, 1.82) is 0 Å². The first-order valence-electron chi connectivity index (χ1n) is 6.37. The van der Waals surface area contributed by atoms with Crippen LogP contribution >= 0.6 is 0 Å². The van der Waals surface area contributed by atoms with Crippen LogP contribution in [-0.4, -0.2) is 31.9 Å². The third kappa shape index (κ3) is 3.10. The van der Waals surface area contributed by atoms with Crippen molar-refractivity contribution in [3.63, 3.8) is 0 Å². The Morgan fingerprint density at radius 1 is 1.22 bits per heavy atom. The van der Waals surface area contributed by atoms with E-state index in [1.165, 1.54) is 0 Å². The zero-order valence-electron chi connectivity index (χ0n) is 10.5. The molecular formula is C13H20N2O2S. The summed E-state index contributed by atoms with van der Waals surface area (Å²) >= 11 is 0. The van der Waals surface area contributed by atoms with E-state index in [4.69, 9.17) is 5.73 Å². The van der Waals surface area contributed by atoms with E-state index < -0.39 is 10.0 Å². The lowest BCUT2D eigenvalue weighted by atomic mass is 10.1. The molecule has 1 fully saturated rings. The minimum Gasteiger partial charge on any atom is -0.329 e. The third-order valence-corrected chi connectivity index (χ3v) is 5.29. The van der Waals surface area contributed by atoms with Gasteiger partial charge in [0.25, 0.3) is 0 Å². The highest BCUT2D eigenvalue weighted by molar-refractivity contribution is 7.88. The van der Waals surface area contributed by atoms with Crippen LogP contribution in [0.15, 0.2) is 30.3 Å². The fourth-order valence-corrected chi connectivity index (χ4v) is 4.28. The number of hydrogen-bond acceptors (Lipinski definition) is 3. The molecule has 0 radical (unpaired) electrons. The molecule has 0 bridgehead atoms. The lowest BCUT2D eigenvalue weighted by Gasteiger charge is -2.33. The molecule has 4 nitrogen and oxygen atoms in total. The molecule has 1 aliphatic rings. The highest BCUT2D eigenvalue weighted by Gasteiger charge is 2.31. The first kappa shape index (κ1) is 13.5. The lowest BCUT2D eigenvalue weighted by Crippen LogP contribution is -2.47. The second-order valence-electron chi connectivity index (χ2n) is 4.74. The van der Waals surface area contributed by atoms with Crippen LogP contribution in [0.2, 0.25) is 0 Å². The zero-order valence-corrected chi connectivity index (χ0v) is 11.3. The monoisotopic (exact) mass is 268 g/mol. The molecular weight excluding hydrogens is 248 g/mol. The Morgan fingerprint density at radius 3 is 2.61 bits per heavy atom. The third-order valence-electron chi connectivity index (χ3n) is 3.39. The van der Waals surface area contributed by atoms with E-state index in [0.717, 1.165) is 24.8 Å². The molecule has 1 aliphatic heterocycles. The van der Waals surface area contributed by atoms with E-state index in [-0.39, 0.29) is 11.8 Å². The molecule has 18 heavy (non-hydrogen) atoms. The molecule has 1 unspecified atom stereocenters. The van der Waals surface area contributed by atoms with Gasteiger partial charge in [-0.3, -0.25) is 0 Å². The summed E-state index contributed by atoms with van der Waals surface area (Å²) in [6, 6.07) is 9.29. The van der Waals surface area contributed by atoms with Gasteiger partial charge in [-0.2, -0.15) is 4.31 Å². The van der Waals surface area contributed by atoms with Gasteiger partial charge in [0.2, 0.25) is 10.0 Å². The van der Waals surface area contributed by atoms with E-state index >= 15 is 0 Å². The Labute approximate surface area is 109 Å². The van der Waals surface area contributed by atoms with Gasteiger partial charge in [0, 0.05) is 19.1 Å². The van der Waals surface area contributed by atoms with Gasteiger partial charge in [-0.15, -0.1) is 0 Å². The van der Waals surface area contributed by atoms with Crippen molar-refractivity contribution in [1.82, 2.24) is 4.31 Å². The Bertz CT molecular complexity index is 473. The molecule has 1 atom stereocenters. The molecule has 0 saturated carbocycles. The van der Waals surface area contributed by atoms with E-state index in [9.17, 15) is 8.42 Å². The Morgan fingerprint density at radius 2 is 1.94 bits per heavy atom. The van der Waals surface area contributed by atoms with Gasteiger partial charge in [0.15, 0.2) is 0 Å². The number of sulfonamides is 1. The van der Waals surface area contributed by atoms with E-state index in [0.29, 0.717) is 13.1 Å². The maximum atomic E-state index is 12.4. The number of nitrogens with zero attached hydrogens (tertiary/aromatic N) is 1. The van der Waals surface area contributed by atoms with Crippen molar-refractivity contribution < 1.29 is 8.42 Å². The second-order valence-corrected chi connectivity index (χ2v) is 6.66. The number of piperidine rings is 1.